The molecule has 1 aromatic carbocycles. The van der Waals surface area contributed by atoms with Gasteiger partial charge >= 0.3 is 0 Å². The van der Waals surface area contributed by atoms with E-state index in [0.717, 1.165) is 51.5 Å². The van der Waals surface area contributed by atoms with Crippen molar-refractivity contribution in [3.63, 3.8) is 0 Å². The molecular weight excluding hydrogens is 388 g/mol. The number of ether oxygens (including phenoxy) is 5. The number of methoxy groups -OCH3 is 3. The van der Waals surface area contributed by atoms with Crippen LogP contribution in [-0.2, 0) is 14.3 Å². The molecular formula is C22H32N2O6. The van der Waals surface area contributed by atoms with Crippen LogP contribution in [0.1, 0.15) is 12.0 Å². The lowest BCUT2D eigenvalue weighted by atomic mass is 9.97. The van der Waals surface area contributed by atoms with E-state index in [0.29, 0.717) is 29.7 Å². The van der Waals surface area contributed by atoms with Gasteiger partial charge in [0.2, 0.25) is 11.7 Å². The Bertz CT molecular complexity index is 701. The van der Waals surface area contributed by atoms with Gasteiger partial charge in [-0.25, -0.2) is 0 Å². The van der Waals surface area contributed by atoms with Crippen molar-refractivity contribution >= 4 is 12.0 Å². The van der Waals surface area contributed by atoms with Crippen LogP contribution in [0.2, 0.25) is 0 Å². The van der Waals surface area contributed by atoms with Crippen LogP contribution in [0.3, 0.4) is 0 Å². The number of hydrogen-bond donors (Lipinski definition) is 1. The van der Waals surface area contributed by atoms with Gasteiger partial charge < -0.3 is 29.0 Å². The summed E-state index contributed by atoms with van der Waals surface area (Å²) in [5, 5.41) is 3.06. The second-order valence-electron chi connectivity index (χ2n) is 7.38. The van der Waals surface area contributed by atoms with Crippen LogP contribution in [0, 0.1) is 5.92 Å². The second kappa shape index (κ2) is 11.2. The molecule has 2 heterocycles. The van der Waals surface area contributed by atoms with Crippen LogP contribution in [0.15, 0.2) is 18.2 Å². The number of nitrogens with one attached hydrogen (secondary N) is 1. The highest BCUT2D eigenvalue weighted by atomic mass is 16.5. The molecule has 0 saturated carbocycles. The summed E-state index contributed by atoms with van der Waals surface area (Å²) in [5.41, 5.74) is 0.786. The van der Waals surface area contributed by atoms with Crippen molar-refractivity contribution < 1.29 is 28.5 Å². The van der Waals surface area contributed by atoms with Crippen molar-refractivity contribution in [1.29, 1.82) is 0 Å². The van der Waals surface area contributed by atoms with Gasteiger partial charge in [0.1, 0.15) is 0 Å². The van der Waals surface area contributed by atoms with Gasteiger partial charge in [0, 0.05) is 44.3 Å². The van der Waals surface area contributed by atoms with Crippen molar-refractivity contribution in [2.24, 2.45) is 5.92 Å². The fraction of sp³-hybridized carbons (Fsp3) is 0.591. The lowest BCUT2D eigenvalue weighted by molar-refractivity contribution is -0.116. The number of rotatable bonds is 9. The average Bonchev–Trinajstić information content (AvgIpc) is 3.32. The number of carbonyl (C=O) groups excluding carboxylic acids is 1. The van der Waals surface area contributed by atoms with Crippen LogP contribution in [-0.4, -0.2) is 84.2 Å². The van der Waals surface area contributed by atoms with E-state index in [1.165, 1.54) is 6.08 Å². The summed E-state index contributed by atoms with van der Waals surface area (Å²) in [6, 6.07) is 3.87. The van der Waals surface area contributed by atoms with E-state index in [1.807, 2.05) is 0 Å². The molecule has 3 rings (SSSR count). The minimum absolute atomic E-state index is 0.138. The van der Waals surface area contributed by atoms with Crippen molar-refractivity contribution in [1.82, 2.24) is 10.2 Å². The summed E-state index contributed by atoms with van der Waals surface area (Å²) in [4.78, 5) is 14.9. The Hall–Kier alpha value is -2.29. The smallest absolute Gasteiger partial charge is 0.244 e. The molecule has 8 nitrogen and oxygen atoms in total. The molecule has 2 atom stereocenters. The van der Waals surface area contributed by atoms with Crippen molar-refractivity contribution in [2.45, 2.75) is 12.5 Å². The van der Waals surface area contributed by atoms with Crippen LogP contribution >= 0.6 is 0 Å². The SMILES string of the molecule is COc1cc(/C=C/C(=O)NCC(C2CCOC2)N2CCOCC2)cc(OC)c1OC. The third-order valence-corrected chi connectivity index (χ3v) is 5.62. The number of morpholine rings is 1. The maximum atomic E-state index is 12.5. The predicted octanol–water partition coefficient (Wildman–Crippen LogP) is 1.58. The predicted molar refractivity (Wildman–Crippen MR) is 113 cm³/mol. The lowest BCUT2D eigenvalue weighted by Crippen LogP contribution is -2.52. The Morgan fingerprint density at radius 3 is 2.40 bits per heavy atom. The maximum Gasteiger partial charge on any atom is 0.244 e. The quantitative estimate of drug-likeness (QED) is 0.608. The number of amides is 1. The second-order valence-corrected chi connectivity index (χ2v) is 7.38. The average molecular weight is 421 g/mol. The summed E-state index contributed by atoms with van der Waals surface area (Å²) in [6.45, 7) is 5.38. The first kappa shape index (κ1) is 22.4. The van der Waals surface area contributed by atoms with Gasteiger partial charge in [0.15, 0.2) is 11.5 Å². The molecule has 2 unspecified atom stereocenters. The number of carbonyl (C=O) groups is 1. The van der Waals surface area contributed by atoms with Crippen LogP contribution in [0.4, 0.5) is 0 Å². The molecule has 1 N–H and O–H groups in total. The van der Waals surface area contributed by atoms with Crippen molar-refractivity contribution in [3.05, 3.63) is 23.8 Å². The largest absolute Gasteiger partial charge is 0.493 e. The topological polar surface area (TPSA) is 78.5 Å². The Morgan fingerprint density at radius 1 is 1.13 bits per heavy atom. The molecule has 2 fully saturated rings. The van der Waals surface area contributed by atoms with E-state index in [2.05, 4.69) is 10.2 Å². The zero-order valence-corrected chi connectivity index (χ0v) is 18.0. The fourth-order valence-corrected chi connectivity index (χ4v) is 3.99. The number of nitrogens with zero attached hydrogens (tertiary/aromatic N) is 1. The van der Waals surface area contributed by atoms with Crippen molar-refractivity contribution in [3.8, 4) is 17.2 Å². The van der Waals surface area contributed by atoms with Gasteiger partial charge in [0.05, 0.1) is 41.2 Å². The molecule has 1 amide bonds. The zero-order chi connectivity index (χ0) is 21.3. The van der Waals surface area contributed by atoms with E-state index >= 15 is 0 Å². The van der Waals surface area contributed by atoms with Gasteiger partial charge in [-0.3, -0.25) is 9.69 Å². The zero-order valence-electron chi connectivity index (χ0n) is 18.0. The third-order valence-electron chi connectivity index (χ3n) is 5.62. The minimum Gasteiger partial charge on any atom is -0.493 e. The van der Waals surface area contributed by atoms with Crippen molar-refractivity contribution in [2.75, 3.05) is 67.4 Å². The number of hydrogen-bond acceptors (Lipinski definition) is 7. The highest BCUT2D eigenvalue weighted by molar-refractivity contribution is 5.91. The van der Waals surface area contributed by atoms with Gasteiger partial charge in [-0.05, 0) is 30.2 Å². The van der Waals surface area contributed by atoms with Gasteiger partial charge in [-0.2, -0.15) is 0 Å². The summed E-state index contributed by atoms with van der Waals surface area (Å²) < 4.78 is 27.1. The van der Waals surface area contributed by atoms with E-state index in [4.69, 9.17) is 23.7 Å². The maximum absolute atomic E-state index is 12.5. The molecule has 1 aromatic rings. The summed E-state index contributed by atoms with van der Waals surface area (Å²) in [5.74, 6) is 1.91. The number of benzene rings is 1. The van der Waals surface area contributed by atoms with Gasteiger partial charge in [-0.15, -0.1) is 0 Å². The van der Waals surface area contributed by atoms with Crippen LogP contribution in [0.5, 0.6) is 17.2 Å². The highest BCUT2D eigenvalue weighted by Gasteiger charge is 2.31. The van der Waals surface area contributed by atoms with Crippen LogP contribution in [0.25, 0.3) is 6.08 Å². The Morgan fingerprint density at radius 2 is 1.83 bits per heavy atom. The highest BCUT2D eigenvalue weighted by Crippen LogP contribution is 2.38. The molecule has 0 spiro atoms. The Kier molecular flexibility index (Phi) is 8.36. The molecule has 2 aliphatic rings. The normalized spacial score (nSPS) is 20.8. The monoisotopic (exact) mass is 420 g/mol. The molecule has 2 aliphatic heterocycles. The van der Waals surface area contributed by atoms with E-state index in [1.54, 1.807) is 39.5 Å². The molecule has 0 bridgehead atoms. The van der Waals surface area contributed by atoms with Gasteiger partial charge in [0.25, 0.3) is 0 Å². The van der Waals surface area contributed by atoms with E-state index < -0.39 is 0 Å². The molecule has 0 radical (unpaired) electrons. The first-order valence-corrected chi connectivity index (χ1v) is 10.3. The molecule has 0 aliphatic carbocycles. The van der Waals surface area contributed by atoms with E-state index in [9.17, 15) is 4.79 Å². The molecule has 30 heavy (non-hydrogen) atoms. The standard InChI is InChI=1S/C22H32N2O6/c1-26-19-12-16(13-20(27-2)22(19)28-3)4-5-21(25)23-14-18(17-6-9-30-15-17)24-7-10-29-11-8-24/h4-5,12-13,17-18H,6-11,14-15H2,1-3H3,(H,23,25)/b5-4+. The fourth-order valence-electron chi connectivity index (χ4n) is 3.99. The first-order chi connectivity index (χ1) is 14.7. The third kappa shape index (κ3) is 5.65. The Balaban J connectivity index is 1.63. The van der Waals surface area contributed by atoms with E-state index in [-0.39, 0.29) is 11.9 Å². The van der Waals surface area contributed by atoms with Crippen LogP contribution < -0.4 is 19.5 Å². The summed E-state index contributed by atoms with van der Waals surface area (Å²) in [7, 11) is 4.69. The molecule has 166 valence electrons. The summed E-state index contributed by atoms with van der Waals surface area (Å²) in [6.07, 6.45) is 4.30. The molecule has 8 heteroatoms. The summed E-state index contributed by atoms with van der Waals surface area (Å²) >= 11 is 0. The van der Waals surface area contributed by atoms with Gasteiger partial charge in [-0.1, -0.05) is 0 Å². The molecule has 0 aromatic heterocycles. The minimum atomic E-state index is -0.138. The Labute approximate surface area is 178 Å². The first-order valence-electron chi connectivity index (χ1n) is 10.3. The lowest BCUT2D eigenvalue weighted by Gasteiger charge is -2.37. The molecule has 2 saturated heterocycles.